The molecule has 1 aliphatic carbocycles. The third-order valence-corrected chi connectivity index (χ3v) is 10.9. The fourth-order valence-corrected chi connectivity index (χ4v) is 6.85. The van der Waals surface area contributed by atoms with E-state index in [0.29, 0.717) is 60.9 Å². The molecule has 0 bridgehead atoms. The van der Waals surface area contributed by atoms with Crippen molar-refractivity contribution in [1.82, 2.24) is 40.5 Å². The number of aliphatic hydroxyl groups excluding tert-OH is 2. The molecule has 1 aliphatic heterocycles. The van der Waals surface area contributed by atoms with Gasteiger partial charge in [0.1, 0.15) is 54.9 Å². The van der Waals surface area contributed by atoms with Crippen LogP contribution in [0.3, 0.4) is 0 Å². The van der Waals surface area contributed by atoms with E-state index in [1.807, 2.05) is 87.4 Å². The zero-order valence-electron chi connectivity index (χ0n) is 38.4. The molecule has 0 radical (unpaired) electrons. The van der Waals surface area contributed by atoms with Gasteiger partial charge in [-0.1, -0.05) is 45.0 Å². The Labute approximate surface area is 378 Å². The molecule has 4 heterocycles. The van der Waals surface area contributed by atoms with E-state index in [9.17, 15) is 10.2 Å². The summed E-state index contributed by atoms with van der Waals surface area (Å²) in [6.45, 7) is 9.78. The van der Waals surface area contributed by atoms with Crippen molar-refractivity contribution in [2.24, 2.45) is 0 Å². The van der Waals surface area contributed by atoms with Gasteiger partial charge in [0.05, 0.1) is 23.9 Å². The zero-order chi connectivity index (χ0) is 45.9. The van der Waals surface area contributed by atoms with E-state index >= 15 is 0 Å². The van der Waals surface area contributed by atoms with Crippen molar-refractivity contribution < 1.29 is 24.4 Å². The maximum atomic E-state index is 9.92. The van der Waals surface area contributed by atoms with Crippen LogP contribution in [-0.4, -0.2) is 133 Å². The Balaban J connectivity index is 0.000000232. The first-order valence-electron chi connectivity index (χ1n) is 22.1. The number of nitrogens with one attached hydrogen (secondary N) is 2. The second-order valence-electron chi connectivity index (χ2n) is 15.9. The normalized spacial score (nSPS) is 14.9. The van der Waals surface area contributed by atoms with Crippen molar-refractivity contribution in [2.75, 3.05) is 84.1 Å². The minimum atomic E-state index is -0.605. The number of benzene rings is 2. The minimum Gasteiger partial charge on any atom is -0.491 e. The number of hydrogen-bond acceptors (Lipinski definition) is 16. The number of likely N-dealkylation sites (N-methyl/N-ethyl adjacent to an activating group) is 2. The van der Waals surface area contributed by atoms with Crippen LogP contribution < -0.4 is 29.9 Å². The van der Waals surface area contributed by atoms with Crippen molar-refractivity contribution in [3.05, 3.63) is 85.1 Å². The summed E-state index contributed by atoms with van der Waals surface area (Å²) in [6, 6.07) is 21.8. The van der Waals surface area contributed by atoms with Crippen molar-refractivity contribution in [1.29, 1.82) is 5.26 Å². The first-order chi connectivity index (χ1) is 31.1. The van der Waals surface area contributed by atoms with Gasteiger partial charge in [0.15, 0.2) is 11.6 Å². The first-order valence-corrected chi connectivity index (χ1v) is 22.1. The molecule has 2 unspecified atom stereocenters. The minimum absolute atomic E-state index is 0.147. The first kappa shape index (κ1) is 49.2. The molecule has 7 rings (SSSR count). The van der Waals surface area contributed by atoms with Crippen LogP contribution in [0.1, 0.15) is 58.6 Å². The number of aromatic nitrogens is 6. The highest BCUT2D eigenvalue weighted by atomic mass is 16.5. The average Bonchev–Trinajstić information content (AvgIpc) is 4.11. The summed E-state index contributed by atoms with van der Waals surface area (Å²) in [5.74, 6) is 4.22. The lowest BCUT2D eigenvalue weighted by Crippen LogP contribution is -2.37. The molecule has 0 amide bonds. The molecule has 3 aromatic heterocycles. The van der Waals surface area contributed by atoms with Crippen LogP contribution in [-0.2, 0) is 10.2 Å². The average molecular weight is 876 g/mol. The number of rotatable bonds is 19. The highest BCUT2D eigenvalue weighted by Crippen LogP contribution is 2.47. The number of ether oxygens (including phenoxy) is 3. The lowest BCUT2D eigenvalue weighted by molar-refractivity contribution is 0.0853. The molecule has 2 aromatic carbocycles. The van der Waals surface area contributed by atoms with Gasteiger partial charge in [0.25, 0.3) is 0 Å². The number of aliphatic hydroxyl groups is 2. The Hall–Kier alpha value is -5.83. The summed E-state index contributed by atoms with van der Waals surface area (Å²) in [4.78, 5) is 31.7. The van der Waals surface area contributed by atoms with E-state index in [2.05, 4.69) is 51.6 Å². The predicted molar refractivity (Wildman–Crippen MR) is 250 cm³/mol. The molecular weight excluding hydrogens is 811 g/mol. The second kappa shape index (κ2) is 24.9. The quantitative estimate of drug-likeness (QED) is 0.0786. The van der Waals surface area contributed by atoms with Crippen LogP contribution in [0.2, 0.25) is 0 Å². The number of nitrogens with zero attached hydrogens (tertiary/aromatic N) is 9. The Morgan fingerprint density at radius 1 is 0.797 bits per heavy atom. The molecule has 5 aromatic rings. The maximum Gasteiger partial charge on any atom is 0.162 e. The summed E-state index contributed by atoms with van der Waals surface area (Å²) in [5, 5.41) is 34.6. The summed E-state index contributed by atoms with van der Waals surface area (Å²) in [5.41, 5.74) is 4.41. The van der Waals surface area contributed by atoms with E-state index in [-0.39, 0.29) is 18.6 Å². The SMILES string of the molecule is CC.CNCC(O)COc1cccc(-c2nc(-c3cncnc3)cc(N(C)CCC#N)n2)c1.CNCC(O)COc1cccc(-c2nc(N(C)C3CCOCC3)cc(C3(C)CC3)n2)c1. The predicted octanol–water partition coefficient (Wildman–Crippen LogP) is 5.71. The molecule has 2 aliphatic rings. The zero-order valence-corrected chi connectivity index (χ0v) is 38.4. The van der Waals surface area contributed by atoms with Gasteiger partial charge in [0.2, 0.25) is 0 Å². The van der Waals surface area contributed by atoms with Crippen molar-refractivity contribution in [2.45, 2.75) is 76.5 Å². The van der Waals surface area contributed by atoms with E-state index < -0.39 is 12.2 Å². The summed E-state index contributed by atoms with van der Waals surface area (Å²) in [7, 11) is 7.60. The van der Waals surface area contributed by atoms with Gasteiger partial charge in [0, 0.05) is 99.6 Å². The van der Waals surface area contributed by atoms with Crippen LogP contribution in [0.5, 0.6) is 11.5 Å². The highest BCUT2D eigenvalue weighted by Gasteiger charge is 2.41. The fraction of sp³-hybridized carbons (Fsp3) is 0.479. The molecule has 2 fully saturated rings. The molecule has 342 valence electrons. The molecule has 64 heavy (non-hydrogen) atoms. The Kier molecular flexibility index (Phi) is 19.1. The fourth-order valence-electron chi connectivity index (χ4n) is 6.85. The molecule has 4 N–H and O–H groups in total. The lowest BCUT2D eigenvalue weighted by Gasteiger charge is -2.32. The number of hydrogen-bond donors (Lipinski definition) is 4. The van der Waals surface area contributed by atoms with Crippen LogP contribution in [0, 0.1) is 11.3 Å². The van der Waals surface area contributed by atoms with Crippen LogP contribution in [0.25, 0.3) is 34.0 Å². The van der Waals surface area contributed by atoms with Crippen LogP contribution in [0.15, 0.2) is 79.4 Å². The van der Waals surface area contributed by atoms with Gasteiger partial charge in [-0.15, -0.1) is 0 Å². The molecule has 16 nitrogen and oxygen atoms in total. The largest absolute Gasteiger partial charge is 0.491 e. The van der Waals surface area contributed by atoms with Gasteiger partial charge >= 0.3 is 0 Å². The van der Waals surface area contributed by atoms with Crippen molar-refractivity contribution >= 4 is 11.6 Å². The third-order valence-electron chi connectivity index (χ3n) is 10.9. The smallest absolute Gasteiger partial charge is 0.162 e. The summed E-state index contributed by atoms with van der Waals surface area (Å²) < 4.78 is 17.1. The van der Waals surface area contributed by atoms with Gasteiger partial charge < -0.3 is 44.9 Å². The Bertz CT molecular complexity index is 2220. The second-order valence-corrected chi connectivity index (χ2v) is 15.9. The van der Waals surface area contributed by atoms with E-state index in [1.165, 1.54) is 6.33 Å². The van der Waals surface area contributed by atoms with E-state index in [0.717, 1.165) is 72.9 Å². The maximum absolute atomic E-state index is 9.92. The Morgan fingerprint density at radius 3 is 1.91 bits per heavy atom. The molecule has 0 spiro atoms. The van der Waals surface area contributed by atoms with Gasteiger partial charge in [-0.3, -0.25) is 0 Å². The van der Waals surface area contributed by atoms with Gasteiger partial charge in [-0.05, 0) is 64.0 Å². The number of anilines is 2. The molecule has 16 heteroatoms. The summed E-state index contributed by atoms with van der Waals surface area (Å²) >= 11 is 0. The lowest BCUT2D eigenvalue weighted by atomic mass is 10.0. The standard InChI is InChI=1S/C24H34N4O3.C22H25N7O2.C2H6/c1-24(9-10-24)21-14-22(28(3)18-7-11-30-12-8-18)27-23(26-21)17-5-4-6-20(13-17)31-16-19(29)15-25-2;1-24-13-18(30)14-31-19-6-3-5-16(9-19)22-27-20(17-11-25-15-26-12-17)10-21(28-22)29(2)8-4-7-23;1-2/h4-6,13-14,18-19,25,29H,7-12,15-16H2,1-3H3;3,5-6,9-12,15,18,24,30H,4,8,13-14H2,1-2H3;1-2H3. The highest BCUT2D eigenvalue weighted by molar-refractivity contribution is 5.68. The Morgan fingerprint density at radius 2 is 1.36 bits per heavy atom. The molecule has 1 saturated heterocycles. The van der Waals surface area contributed by atoms with Gasteiger partial charge in [-0.2, -0.15) is 5.26 Å². The van der Waals surface area contributed by atoms with E-state index in [4.69, 9.17) is 39.4 Å². The number of nitriles is 1. The van der Waals surface area contributed by atoms with Gasteiger partial charge in [-0.25, -0.2) is 29.9 Å². The van der Waals surface area contributed by atoms with Crippen molar-refractivity contribution in [3.8, 4) is 51.6 Å². The molecular formula is C48H65N11O5. The molecule has 2 atom stereocenters. The third kappa shape index (κ3) is 14.3. The summed E-state index contributed by atoms with van der Waals surface area (Å²) in [6.07, 6.45) is 8.44. The van der Waals surface area contributed by atoms with Crippen molar-refractivity contribution in [3.63, 3.8) is 0 Å². The monoisotopic (exact) mass is 876 g/mol. The topological polar surface area (TPSA) is 200 Å². The van der Waals surface area contributed by atoms with Crippen LogP contribution >= 0.6 is 0 Å². The van der Waals surface area contributed by atoms with Crippen LogP contribution in [0.4, 0.5) is 11.6 Å². The van der Waals surface area contributed by atoms with E-state index in [1.54, 1.807) is 19.4 Å². The molecule has 1 saturated carbocycles.